The molecule has 4 rings (SSSR count). The smallest absolute Gasteiger partial charge is 0.262 e. The molecule has 0 radical (unpaired) electrons. The quantitative estimate of drug-likeness (QED) is 0.518. The van der Waals surface area contributed by atoms with Gasteiger partial charge in [0.05, 0.1) is 11.4 Å². The van der Waals surface area contributed by atoms with Crippen molar-refractivity contribution >= 4 is 46.6 Å². The number of rotatable bonds is 6. The Morgan fingerprint density at radius 2 is 1.91 bits per heavy atom. The van der Waals surface area contributed by atoms with E-state index in [2.05, 4.69) is 5.32 Å². The van der Waals surface area contributed by atoms with E-state index in [0.29, 0.717) is 22.0 Å². The molecule has 0 bridgehead atoms. The summed E-state index contributed by atoms with van der Waals surface area (Å²) in [6, 6.07) is 16.7. The predicted octanol–water partition coefficient (Wildman–Crippen LogP) is 5.41. The van der Waals surface area contributed by atoms with Crippen LogP contribution in [0.4, 0.5) is 20.2 Å². The largest absolute Gasteiger partial charge is 0.484 e. The number of halogens is 3. The topological polar surface area (TPSA) is 58.6 Å². The average molecular weight is 475 g/mol. The molecule has 2 amide bonds. The fourth-order valence-corrected chi connectivity index (χ4v) is 4.54. The summed E-state index contributed by atoms with van der Waals surface area (Å²) in [7, 11) is 0. The molecule has 1 atom stereocenters. The zero-order valence-corrected chi connectivity index (χ0v) is 18.1. The Balaban J connectivity index is 1.47. The van der Waals surface area contributed by atoms with E-state index in [1.165, 1.54) is 22.7 Å². The molecule has 0 aromatic heterocycles. The van der Waals surface area contributed by atoms with Gasteiger partial charge in [-0.05, 0) is 54.1 Å². The Morgan fingerprint density at radius 1 is 1.12 bits per heavy atom. The maximum atomic E-state index is 14.3. The second-order valence-electron chi connectivity index (χ2n) is 6.94. The van der Waals surface area contributed by atoms with Gasteiger partial charge in [0, 0.05) is 16.8 Å². The number of thioether (sulfide) groups is 1. The highest BCUT2D eigenvalue weighted by Crippen LogP contribution is 2.43. The van der Waals surface area contributed by atoms with Gasteiger partial charge in [0.2, 0.25) is 5.91 Å². The predicted molar refractivity (Wildman–Crippen MR) is 121 cm³/mol. The third-order valence-electron chi connectivity index (χ3n) is 4.68. The Kier molecular flexibility index (Phi) is 6.62. The zero-order chi connectivity index (χ0) is 22.7. The fraction of sp³-hybridized carbons (Fsp3) is 0.130. The van der Waals surface area contributed by atoms with E-state index in [1.54, 1.807) is 48.5 Å². The standard InChI is InChI=1S/C23H17ClF2N2O3S/c24-15-4-7-18(8-5-15)31-12-21(29)27-17-3-1-2-14(10-17)23-28(22(30)13-32-23)20-9-6-16(25)11-19(20)26/h1-11,23H,12-13H2,(H,27,29). The molecule has 1 N–H and O–H groups in total. The van der Waals surface area contributed by atoms with E-state index in [1.807, 2.05) is 0 Å². The lowest BCUT2D eigenvalue weighted by Gasteiger charge is -2.25. The molecule has 5 nitrogen and oxygen atoms in total. The lowest BCUT2D eigenvalue weighted by atomic mass is 10.1. The van der Waals surface area contributed by atoms with Crippen molar-refractivity contribution in [1.29, 1.82) is 0 Å². The highest BCUT2D eigenvalue weighted by atomic mass is 35.5. The summed E-state index contributed by atoms with van der Waals surface area (Å²) in [6.07, 6.45) is 0. The lowest BCUT2D eigenvalue weighted by molar-refractivity contribution is -0.118. The first-order chi connectivity index (χ1) is 15.4. The highest BCUT2D eigenvalue weighted by molar-refractivity contribution is 8.00. The van der Waals surface area contributed by atoms with E-state index in [9.17, 15) is 18.4 Å². The average Bonchev–Trinajstić information content (AvgIpc) is 3.15. The van der Waals surface area contributed by atoms with Crippen LogP contribution in [0.2, 0.25) is 5.02 Å². The molecule has 0 saturated carbocycles. The molecule has 0 spiro atoms. The van der Waals surface area contributed by atoms with Gasteiger partial charge >= 0.3 is 0 Å². The number of hydrogen-bond donors (Lipinski definition) is 1. The van der Waals surface area contributed by atoms with Crippen LogP contribution in [0.5, 0.6) is 5.75 Å². The van der Waals surface area contributed by atoms with E-state index < -0.39 is 17.0 Å². The van der Waals surface area contributed by atoms with Crippen LogP contribution in [-0.2, 0) is 9.59 Å². The SMILES string of the molecule is O=C(COc1ccc(Cl)cc1)Nc1cccc(C2SCC(=O)N2c2ccc(F)cc2F)c1. The van der Waals surface area contributed by atoms with E-state index >= 15 is 0 Å². The molecule has 1 aliphatic rings. The van der Waals surface area contributed by atoms with E-state index in [0.717, 1.165) is 12.1 Å². The van der Waals surface area contributed by atoms with Crippen LogP contribution >= 0.6 is 23.4 Å². The van der Waals surface area contributed by atoms with Crippen LogP contribution in [0, 0.1) is 11.6 Å². The molecule has 1 unspecified atom stereocenters. The first-order valence-electron chi connectivity index (χ1n) is 9.57. The first-order valence-corrected chi connectivity index (χ1v) is 11.0. The maximum absolute atomic E-state index is 14.3. The molecule has 3 aromatic carbocycles. The van der Waals surface area contributed by atoms with Crippen molar-refractivity contribution in [3.05, 3.63) is 89.0 Å². The van der Waals surface area contributed by atoms with Crippen molar-refractivity contribution in [3.63, 3.8) is 0 Å². The summed E-state index contributed by atoms with van der Waals surface area (Å²) in [5, 5.41) is 2.80. The minimum Gasteiger partial charge on any atom is -0.484 e. The van der Waals surface area contributed by atoms with Crippen molar-refractivity contribution < 1.29 is 23.1 Å². The van der Waals surface area contributed by atoms with Crippen LogP contribution in [0.3, 0.4) is 0 Å². The monoisotopic (exact) mass is 474 g/mol. The Morgan fingerprint density at radius 3 is 2.66 bits per heavy atom. The molecule has 1 heterocycles. The number of benzene rings is 3. The van der Waals surface area contributed by atoms with Gasteiger partial charge in [-0.15, -0.1) is 11.8 Å². The second kappa shape index (κ2) is 9.58. The number of ether oxygens (including phenoxy) is 1. The molecule has 1 fully saturated rings. The van der Waals surface area contributed by atoms with Crippen LogP contribution in [0.25, 0.3) is 0 Å². The number of carbonyl (C=O) groups excluding carboxylic acids is 2. The van der Waals surface area contributed by atoms with E-state index in [-0.39, 0.29) is 29.9 Å². The van der Waals surface area contributed by atoms with Crippen molar-refractivity contribution in [2.45, 2.75) is 5.37 Å². The summed E-state index contributed by atoms with van der Waals surface area (Å²) in [5.41, 5.74) is 1.21. The Bertz CT molecular complexity index is 1160. The molecule has 0 aliphatic carbocycles. The zero-order valence-electron chi connectivity index (χ0n) is 16.6. The normalized spacial score (nSPS) is 15.7. The van der Waals surface area contributed by atoms with E-state index in [4.69, 9.17) is 16.3 Å². The van der Waals surface area contributed by atoms with Crippen LogP contribution in [0.1, 0.15) is 10.9 Å². The third-order valence-corrected chi connectivity index (χ3v) is 6.14. The summed E-state index contributed by atoms with van der Waals surface area (Å²) < 4.78 is 33.1. The minimum absolute atomic E-state index is 0.0113. The molecule has 9 heteroatoms. The number of nitrogens with one attached hydrogen (secondary N) is 1. The van der Waals surface area contributed by atoms with Gasteiger partial charge in [0.15, 0.2) is 6.61 Å². The molecule has 3 aromatic rings. The maximum Gasteiger partial charge on any atom is 0.262 e. The number of anilines is 2. The van der Waals surface area contributed by atoms with Gasteiger partial charge in [-0.25, -0.2) is 8.78 Å². The summed E-state index contributed by atoms with van der Waals surface area (Å²) in [4.78, 5) is 26.0. The Hall–Kier alpha value is -3.10. The van der Waals surface area contributed by atoms with Crippen LogP contribution < -0.4 is 15.0 Å². The second-order valence-corrected chi connectivity index (χ2v) is 8.44. The van der Waals surface area contributed by atoms with Crippen molar-refractivity contribution in [2.24, 2.45) is 0 Å². The van der Waals surface area contributed by atoms with Gasteiger partial charge < -0.3 is 10.1 Å². The van der Waals surface area contributed by atoms with Crippen LogP contribution in [-0.4, -0.2) is 24.2 Å². The lowest BCUT2D eigenvalue weighted by Crippen LogP contribution is -2.28. The summed E-state index contributed by atoms with van der Waals surface area (Å²) in [5.74, 6) is -1.50. The fourth-order valence-electron chi connectivity index (χ4n) is 3.25. The number of hydrogen-bond acceptors (Lipinski definition) is 4. The summed E-state index contributed by atoms with van der Waals surface area (Å²) in [6.45, 7) is -0.199. The number of nitrogens with zero attached hydrogens (tertiary/aromatic N) is 1. The number of carbonyl (C=O) groups is 2. The van der Waals surface area contributed by atoms with Crippen molar-refractivity contribution in [1.82, 2.24) is 0 Å². The minimum atomic E-state index is -0.811. The van der Waals surface area contributed by atoms with Gasteiger partial charge in [0.1, 0.15) is 22.8 Å². The highest BCUT2D eigenvalue weighted by Gasteiger charge is 2.35. The van der Waals surface area contributed by atoms with Gasteiger partial charge in [-0.3, -0.25) is 14.5 Å². The van der Waals surface area contributed by atoms with Crippen molar-refractivity contribution in [2.75, 3.05) is 22.6 Å². The molecular formula is C23H17ClF2N2O3S. The molecule has 164 valence electrons. The molecule has 1 aliphatic heterocycles. The molecule has 32 heavy (non-hydrogen) atoms. The molecule has 1 saturated heterocycles. The molecular weight excluding hydrogens is 458 g/mol. The number of amides is 2. The Labute approximate surface area is 192 Å². The first kappa shape index (κ1) is 22.1. The van der Waals surface area contributed by atoms with Gasteiger partial charge in [-0.1, -0.05) is 23.7 Å². The van der Waals surface area contributed by atoms with Gasteiger partial charge in [-0.2, -0.15) is 0 Å². The van der Waals surface area contributed by atoms with Gasteiger partial charge in [0.25, 0.3) is 5.91 Å². The third kappa shape index (κ3) is 5.03. The summed E-state index contributed by atoms with van der Waals surface area (Å²) >= 11 is 7.15. The van der Waals surface area contributed by atoms with Crippen LogP contribution in [0.15, 0.2) is 66.7 Å². The van der Waals surface area contributed by atoms with Crippen molar-refractivity contribution in [3.8, 4) is 5.75 Å².